The predicted molar refractivity (Wildman–Crippen MR) is 117 cm³/mol. The molecule has 0 aromatic heterocycles. The van der Waals surface area contributed by atoms with Gasteiger partial charge in [0.05, 0.1) is 16.1 Å². The van der Waals surface area contributed by atoms with E-state index in [1.807, 2.05) is 0 Å². The van der Waals surface area contributed by atoms with E-state index < -0.39 is 15.9 Å². The van der Waals surface area contributed by atoms with Gasteiger partial charge >= 0.3 is 0 Å². The van der Waals surface area contributed by atoms with E-state index in [-0.39, 0.29) is 22.1 Å². The van der Waals surface area contributed by atoms with Gasteiger partial charge < -0.3 is 10.6 Å². The third-order valence-electron chi connectivity index (χ3n) is 4.00. The van der Waals surface area contributed by atoms with Gasteiger partial charge in [-0.15, -0.1) is 0 Å². The fourth-order valence-corrected chi connectivity index (χ4v) is 3.83. The fraction of sp³-hybridized carbons (Fsp3) is 0.0476. The molecular formula is C21H18ClN3O4S. The second kappa shape index (κ2) is 8.98. The van der Waals surface area contributed by atoms with Crippen molar-refractivity contribution in [3.05, 3.63) is 83.4 Å². The van der Waals surface area contributed by atoms with E-state index in [1.165, 1.54) is 43.3 Å². The number of carbonyl (C=O) groups excluding carboxylic acids is 2. The maximum atomic E-state index is 12.8. The van der Waals surface area contributed by atoms with Gasteiger partial charge in [0.15, 0.2) is 0 Å². The van der Waals surface area contributed by atoms with Crippen LogP contribution in [0.15, 0.2) is 77.7 Å². The van der Waals surface area contributed by atoms with Crippen LogP contribution in [0.3, 0.4) is 0 Å². The summed E-state index contributed by atoms with van der Waals surface area (Å²) in [5.41, 5.74) is 1.29. The Labute approximate surface area is 179 Å². The fourth-order valence-electron chi connectivity index (χ4n) is 2.63. The van der Waals surface area contributed by atoms with Crippen LogP contribution in [-0.4, -0.2) is 20.2 Å². The van der Waals surface area contributed by atoms with Crippen LogP contribution >= 0.6 is 11.6 Å². The first-order chi connectivity index (χ1) is 14.2. The summed E-state index contributed by atoms with van der Waals surface area (Å²) in [4.78, 5) is 23.8. The summed E-state index contributed by atoms with van der Waals surface area (Å²) in [6.07, 6.45) is 0. The van der Waals surface area contributed by atoms with Crippen molar-refractivity contribution in [3.63, 3.8) is 0 Å². The van der Waals surface area contributed by atoms with Crippen molar-refractivity contribution in [2.45, 2.75) is 11.8 Å². The summed E-state index contributed by atoms with van der Waals surface area (Å²) in [7, 11) is -3.95. The molecular weight excluding hydrogens is 426 g/mol. The number of amides is 2. The molecule has 0 aliphatic heterocycles. The Morgan fingerprint density at radius 1 is 0.800 bits per heavy atom. The van der Waals surface area contributed by atoms with E-state index >= 15 is 0 Å². The summed E-state index contributed by atoms with van der Waals surface area (Å²) in [6.45, 7) is 1.36. The van der Waals surface area contributed by atoms with Gasteiger partial charge in [-0.2, -0.15) is 0 Å². The Bertz CT molecular complexity index is 1180. The summed E-state index contributed by atoms with van der Waals surface area (Å²) < 4.78 is 28.0. The molecule has 0 fully saturated rings. The second-order valence-corrected chi connectivity index (χ2v) is 8.44. The van der Waals surface area contributed by atoms with Crippen molar-refractivity contribution in [2.24, 2.45) is 0 Å². The van der Waals surface area contributed by atoms with Gasteiger partial charge in [-0.25, -0.2) is 8.42 Å². The Hall–Kier alpha value is -3.36. The van der Waals surface area contributed by atoms with Gasteiger partial charge in [0.2, 0.25) is 5.91 Å². The molecule has 0 saturated heterocycles. The van der Waals surface area contributed by atoms with Gasteiger partial charge in [-0.3, -0.25) is 14.3 Å². The highest BCUT2D eigenvalue weighted by molar-refractivity contribution is 7.92. The summed E-state index contributed by atoms with van der Waals surface area (Å²) in [5, 5.41) is 5.81. The molecule has 9 heteroatoms. The Balaban J connectivity index is 1.81. The van der Waals surface area contributed by atoms with Crippen LogP contribution in [0.2, 0.25) is 5.02 Å². The van der Waals surface area contributed by atoms with Crippen molar-refractivity contribution in [1.29, 1.82) is 0 Å². The molecule has 2 amide bonds. The molecule has 30 heavy (non-hydrogen) atoms. The van der Waals surface area contributed by atoms with E-state index in [9.17, 15) is 18.0 Å². The highest BCUT2D eigenvalue weighted by atomic mass is 35.5. The van der Waals surface area contributed by atoms with Gasteiger partial charge in [-0.1, -0.05) is 23.7 Å². The van der Waals surface area contributed by atoms with Gasteiger partial charge in [0, 0.05) is 23.3 Å². The number of sulfonamides is 1. The smallest absolute Gasteiger partial charge is 0.261 e. The minimum atomic E-state index is -3.95. The summed E-state index contributed by atoms with van der Waals surface area (Å²) in [6, 6.07) is 18.5. The molecule has 7 nitrogen and oxygen atoms in total. The molecule has 0 saturated carbocycles. The van der Waals surface area contributed by atoms with Crippen LogP contribution in [0.4, 0.5) is 17.1 Å². The molecule has 0 heterocycles. The molecule has 0 spiro atoms. The number of nitrogens with one attached hydrogen (secondary N) is 3. The molecule has 0 bridgehead atoms. The lowest BCUT2D eigenvalue weighted by Gasteiger charge is -2.13. The standard InChI is InChI=1S/C21H18ClN3O4S/c1-14(26)23-16-10-12-18(13-11-16)30(28,29)25-20-5-3-2-4-19(20)21(27)24-17-8-6-15(22)7-9-17/h2-13,25H,1H3,(H,23,26)(H,24,27). The quantitative estimate of drug-likeness (QED) is 0.526. The van der Waals surface area contributed by atoms with Crippen LogP contribution in [0.25, 0.3) is 0 Å². The minimum Gasteiger partial charge on any atom is -0.326 e. The highest BCUT2D eigenvalue weighted by Gasteiger charge is 2.19. The number of halogens is 1. The number of rotatable bonds is 6. The average molecular weight is 444 g/mol. The Morgan fingerprint density at radius 3 is 2.00 bits per heavy atom. The molecule has 0 unspecified atom stereocenters. The summed E-state index contributed by atoms with van der Waals surface area (Å²) >= 11 is 5.85. The molecule has 0 aliphatic carbocycles. The number of carbonyl (C=O) groups is 2. The molecule has 3 rings (SSSR count). The van der Waals surface area contributed by atoms with Crippen LogP contribution < -0.4 is 15.4 Å². The third kappa shape index (κ3) is 5.37. The van der Waals surface area contributed by atoms with Crippen LogP contribution in [0.5, 0.6) is 0 Å². The third-order valence-corrected chi connectivity index (χ3v) is 5.64. The van der Waals surface area contributed by atoms with Gasteiger partial charge in [-0.05, 0) is 60.7 Å². The molecule has 3 aromatic rings. The number of hydrogen-bond donors (Lipinski definition) is 3. The average Bonchev–Trinajstić information content (AvgIpc) is 2.70. The second-order valence-electron chi connectivity index (χ2n) is 6.32. The topological polar surface area (TPSA) is 104 Å². The zero-order valence-corrected chi connectivity index (χ0v) is 17.4. The van der Waals surface area contributed by atoms with Crippen molar-refractivity contribution in [3.8, 4) is 0 Å². The zero-order chi connectivity index (χ0) is 21.7. The van der Waals surface area contributed by atoms with Crippen molar-refractivity contribution >= 4 is 50.5 Å². The minimum absolute atomic E-state index is 0.00971. The zero-order valence-electron chi connectivity index (χ0n) is 15.8. The molecule has 0 atom stereocenters. The highest BCUT2D eigenvalue weighted by Crippen LogP contribution is 2.23. The van der Waals surface area contributed by atoms with Crippen molar-refractivity contribution in [2.75, 3.05) is 15.4 Å². The van der Waals surface area contributed by atoms with E-state index in [0.29, 0.717) is 16.4 Å². The van der Waals surface area contributed by atoms with E-state index in [1.54, 1.807) is 36.4 Å². The molecule has 3 N–H and O–H groups in total. The number of benzene rings is 3. The number of hydrogen-bond acceptors (Lipinski definition) is 4. The van der Waals surface area contributed by atoms with Gasteiger partial charge in [0.25, 0.3) is 15.9 Å². The van der Waals surface area contributed by atoms with E-state index in [2.05, 4.69) is 15.4 Å². The predicted octanol–water partition coefficient (Wildman–Crippen LogP) is 4.35. The first-order valence-corrected chi connectivity index (χ1v) is 10.7. The first-order valence-electron chi connectivity index (χ1n) is 8.81. The van der Waals surface area contributed by atoms with E-state index in [4.69, 9.17) is 11.6 Å². The lowest BCUT2D eigenvalue weighted by Crippen LogP contribution is -2.18. The molecule has 0 radical (unpaired) electrons. The SMILES string of the molecule is CC(=O)Nc1ccc(S(=O)(=O)Nc2ccccc2C(=O)Nc2ccc(Cl)cc2)cc1. The van der Waals surface area contributed by atoms with Crippen molar-refractivity contribution < 1.29 is 18.0 Å². The first kappa shape index (κ1) is 21.4. The summed E-state index contributed by atoms with van der Waals surface area (Å²) in [5.74, 6) is -0.735. The molecule has 3 aromatic carbocycles. The van der Waals surface area contributed by atoms with E-state index in [0.717, 1.165) is 0 Å². The Kier molecular flexibility index (Phi) is 6.39. The lowest BCUT2D eigenvalue weighted by atomic mass is 10.1. The number of anilines is 3. The van der Waals surface area contributed by atoms with Crippen LogP contribution in [-0.2, 0) is 14.8 Å². The largest absolute Gasteiger partial charge is 0.326 e. The molecule has 154 valence electrons. The monoisotopic (exact) mass is 443 g/mol. The Morgan fingerprint density at radius 2 is 1.37 bits per heavy atom. The van der Waals surface area contributed by atoms with Crippen molar-refractivity contribution in [1.82, 2.24) is 0 Å². The van der Waals surface area contributed by atoms with Crippen LogP contribution in [0.1, 0.15) is 17.3 Å². The normalized spacial score (nSPS) is 10.9. The lowest BCUT2D eigenvalue weighted by molar-refractivity contribution is -0.114. The van der Waals surface area contributed by atoms with Crippen LogP contribution in [0, 0.1) is 0 Å². The van der Waals surface area contributed by atoms with Gasteiger partial charge in [0.1, 0.15) is 0 Å². The molecule has 0 aliphatic rings. The number of para-hydroxylation sites is 1. The maximum Gasteiger partial charge on any atom is 0.261 e. The maximum absolute atomic E-state index is 12.8.